The molecule has 1 nitrogen and oxygen atoms in total. The molecule has 1 aliphatic rings. The first-order chi connectivity index (χ1) is 6.77. The predicted molar refractivity (Wildman–Crippen MR) is 59.4 cm³/mol. The quantitative estimate of drug-likeness (QED) is 0.620. The minimum Gasteiger partial charge on any atom is -0.289 e. The SMILES string of the molecule is O=c1\c2cccc/c1=C/C/C(Cl)=C\C=2. The predicted octanol–water partition coefficient (Wildman–Crippen LogP) is 1.13. The fourth-order valence-electron chi connectivity index (χ4n) is 1.38. The van der Waals surface area contributed by atoms with Gasteiger partial charge in [-0.05, 0) is 12.2 Å². The van der Waals surface area contributed by atoms with Crippen LogP contribution in [-0.2, 0) is 0 Å². The molecular weight excluding hydrogens is 196 g/mol. The Morgan fingerprint density at radius 2 is 1.79 bits per heavy atom. The van der Waals surface area contributed by atoms with E-state index in [4.69, 9.17) is 11.6 Å². The second-order valence-electron chi connectivity index (χ2n) is 3.15. The summed E-state index contributed by atoms with van der Waals surface area (Å²) in [6.07, 6.45) is 6.02. The number of fused-ring (bicyclic) bond motifs is 2. The van der Waals surface area contributed by atoms with Gasteiger partial charge in [0.2, 0.25) is 0 Å². The van der Waals surface area contributed by atoms with Gasteiger partial charge in [-0.15, -0.1) is 0 Å². The molecule has 0 N–H and O–H groups in total. The third-order valence-electron chi connectivity index (χ3n) is 2.15. The first-order valence-electron chi connectivity index (χ1n) is 4.43. The molecule has 0 aliphatic heterocycles. The van der Waals surface area contributed by atoms with Crippen LogP contribution in [0.3, 0.4) is 0 Å². The van der Waals surface area contributed by atoms with Crippen LogP contribution in [0.4, 0.5) is 0 Å². The molecule has 0 spiro atoms. The minimum atomic E-state index is 0.0652. The summed E-state index contributed by atoms with van der Waals surface area (Å²) in [6, 6.07) is 7.34. The van der Waals surface area contributed by atoms with E-state index in [2.05, 4.69) is 0 Å². The van der Waals surface area contributed by atoms with Crippen LogP contribution < -0.4 is 15.9 Å². The Labute approximate surface area is 86.7 Å². The van der Waals surface area contributed by atoms with Crippen molar-refractivity contribution in [3.05, 3.63) is 56.0 Å². The van der Waals surface area contributed by atoms with Gasteiger partial charge in [0.1, 0.15) is 0 Å². The number of hydrogen-bond donors (Lipinski definition) is 0. The molecule has 1 aromatic rings. The van der Waals surface area contributed by atoms with E-state index in [1.165, 1.54) is 0 Å². The molecule has 0 atom stereocenters. The lowest BCUT2D eigenvalue weighted by Gasteiger charge is -1.91. The average Bonchev–Trinajstić information content (AvgIpc) is 2.36. The van der Waals surface area contributed by atoms with Crippen LogP contribution in [0.25, 0.3) is 12.2 Å². The van der Waals surface area contributed by atoms with Gasteiger partial charge in [-0.25, -0.2) is 0 Å². The highest BCUT2D eigenvalue weighted by Gasteiger charge is 1.94. The van der Waals surface area contributed by atoms with Gasteiger partial charge < -0.3 is 0 Å². The summed E-state index contributed by atoms with van der Waals surface area (Å²) in [5.74, 6) is 0. The zero-order valence-corrected chi connectivity index (χ0v) is 8.29. The average molecular weight is 205 g/mol. The summed E-state index contributed by atoms with van der Waals surface area (Å²) in [6.45, 7) is 0. The van der Waals surface area contributed by atoms with Gasteiger partial charge >= 0.3 is 0 Å². The molecule has 2 bridgehead atoms. The number of allylic oxidation sites excluding steroid dienone is 2. The summed E-state index contributed by atoms with van der Waals surface area (Å²) in [7, 11) is 0. The summed E-state index contributed by atoms with van der Waals surface area (Å²) < 4.78 is 0. The van der Waals surface area contributed by atoms with Crippen LogP contribution in [0.5, 0.6) is 0 Å². The molecule has 2 rings (SSSR count). The normalized spacial score (nSPS) is 22.8. The van der Waals surface area contributed by atoms with Gasteiger partial charge in [0, 0.05) is 21.9 Å². The van der Waals surface area contributed by atoms with E-state index in [1.54, 1.807) is 18.2 Å². The van der Waals surface area contributed by atoms with E-state index in [0.717, 1.165) is 5.03 Å². The van der Waals surface area contributed by atoms with Crippen LogP contribution in [-0.4, -0.2) is 0 Å². The van der Waals surface area contributed by atoms with Crippen molar-refractivity contribution >= 4 is 23.8 Å². The molecule has 0 saturated carbocycles. The zero-order chi connectivity index (χ0) is 9.97. The van der Waals surface area contributed by atoms with Gasteiger partial charge in [0.05, 0.1) is 0 Å². The second kappa shape index (κ2) is 3.81. The molecule has 0 amide bonds. The van der Waals surface area contributed by atoms with E-state index in [1.807, 2.05) is 24.3 Å². The van der Waals surface area contributed by atoms with Crippen LogP contribution in [0.2, 0.25) is 0 Å². The number of hydrogen-bond acceptors (Lipinski definition) is 1. The Morgan fingerprint density at radius 3 is 2.57 bits per heavy atom. The largest absolute Gasteiger partial charge is 0.289 e. The Balaban J connectivity index is 2.95. The highest BCUT2D eigenvalue weighted by molar-refractivity contribution is 6.30. The van der Waals surface area contributed by atoms with Crippen molar-refractivity contribution in [1.29, 1.82) is 0 Å². The molecular formula is C12H9ClO. The molecule has 2 heteroatoms. The molecule has 0 saturated heterocycles. The van der Waals surface area contributed by atoms with Crippen molar-refractivity contribution in [3.8, 4) is 0 Å². The molecule has 0 heterocycles. The van der Waals surface area contributed by atoms with E-state index in [9.17, 15) is 4.79 Å². The van der Waals surface area contributed by atoms with Crippen LogP contribution in [0.1, 0.15) is 6.42 Å². The monoisotopic (exact) mass is 204 g/mol. The van der Waals surface area contributed by atoms with Gasteiger partial charge in [-0.3, -0.25) is 4.79 Å². The maximum absolute atomic E-state index is 11.8. The lowest BCUT2D eigenvalue weighted by Crippen LogP contribution is -2.35. The minimum absolute atomic E-state index is 0.0652. The standard InChI is InChI=1S/C12H9ClO/c13-11-7-5-9-3-1-2-4-10(6-8-11)12(9)14/h1-7H,8H2/b9-5-,10-6-,11-7+. The summed E-state index contributed by atoms with van der Waals surface area (Å²) >= 11 is 5.92. The van der Waals surface area contributed by atoms with Crippen molar-refractivity contribution < 1.29 is 0 Å². The summed E-state index contributed by atoms with van der Waals surface area (Å²) in [4.78, 5) is 11.8. The molecule has 1 aromatic carbocycles. The summed E-state index contributed by atoms with van der Waals surface area (Å²) in [5, 5.41) is 2.14. The Morgan fingerprint density at radius 1 is 1.07 bits per heavy atom. The van der Waals surface area contributed by atoms with Crippen molar-refractivity contribution in [2.45, 2.75) is 6.42 Å². The zero-order valence-electron chi connectivity index (χ0n) is 7.53. The third kappa shape index (κ3) is 1.78. The van der Waals surface area contributed by atoms with Gasteiger partial charge in [0.25, 0.3) is 0 Å². The van der Waals surface area contributed by atoms with Crippen molar-refractivity contribution in [1.82, 2.24) is 0 Å². The van der Waals surface area contributed by atoms with Crippen molar-refractivity contribution in [2.75, 3.05) is 0 Å². The Hall–Kier alpha value is -1.34. The molecule has 0 fully saturated rings. The van der Waals surface area contributed by atoms with E-state index in [-0.39, 0.29) is 5.43 Å². The Kier molecular flexibility index (Phi) is 2.51. The first kappa shape index (κ1) is 9.22. The molecule has 70 valence electrons. The van der Waals surface area contributed by atoms with E-state index in [0.29, 0.717) is 16.9 Å². The molecule has 0 unspecified atom stereocenters. The third-order valence-corrected chi connectivity index (χ3v) is 2.43. The maximum Gasteiger partial charge on any atom is 0.192 e. The van der Waals surface area contributed by atoms with E-state index >= 15 is 0 Å². The Bertz CT molecular complexity index is 555. The van der Waals surface area contributed by atoms with Gasteiger partial charge in [0.15, 0.2) is 5.43 Å². The van der Waals surface area contributed by atoms with Crippen LogP contribution in [0.15, 0.2) is 40.2 Å². The van der Waals surface area contributed by atoms with E-state index < -0.39 is 0 Å². The topological polar surface area (TPSA) is 17.1 Å². The van der Waals surface area contributed by atoms with Gasteiger partial charge in [-0.1, -0.05) is 41.9 Å². The maximum atomic E-state index is 11.8. The molecule has 0 radical (unpaired) electrons. The molecule has 1 aliphatic carbocycles. The lowest BCUT2D eigenvalue weighted by molar-refractivity contribution is 1.38. The van der Waals surface area contributed by atoms with Crippen LogP contribution >= 0.6 is 11.6 Å². The second-order valence-corrected chi connectivity index (χ2v) is 3.63. The molecule has 0 aromatic heterocycles. The van der Waals surface area contributed by atoms with Crippen molar-refractivity contribution in [3.63, 3.8) is 0 Å². The highest BCUT2D eigenvalue weighted by atomic mass is 35.5. The smallest absolute Gasteiger partial charge is 0.192 e. The fourth-order valence-corrected chi connectivity index (χ4v) is 1.52. The van der Waals surface area contributed by atoms with Crippen LogP contribution in [0, 0.1) is 0 Å². The highest BCUT2D eigenvalue weighted by Crippen LogP contribution is 2.07. The molecule has 14 heavy (non-hydrogen) atoms. The van der Waals surface area contributed by atoms with Crippen molar-refractivity contribution in [2.24, 2.45) is 0 Å². The lowest BCUT2D eigenvalue weighted by atomic mass is 10.2. The summed E-state index contributed by atoms with van der Waals surface area (Å²) in [5.41, 5.74) is 0.0652. The first-order valence-corrected chi connectivity index (χ1v) is 4.81. The number of halogens is 1. The fraction of sp³-hybridized carbons (Fsp3) is 0.0833. The van der Waals surface area contributed by atoms with Gasteiger partial charge in [-0.2, -0.15) is 0 Å². The number of rotatable bonds is 0.